The summed E-state index contributed by atoms with van der Waals surface area (Å²) in [5.41, 5.74) is 4.07. The highest BCUT2D eigenvalue weighted by Gasteiger charge is 2.46. The van der Waals surface area contributed by atoms with Gasteiger partial charge in [0.05, 0.1) is 38.8 Å². The van der Waals surface area contributed by atoms with Gasteiger partial charge in [0.2, 0.25) is 0 Å². The van der Waals surface area contributed by atoms with Crippen LogP contribution in [0, 0.1) is 29.6 Å². The average molecular weight is 578 g/mol. The van der Waals surface area contributed by atoms with Crippen molar-refractivity contribution in [3.05, 3.63) is 71.5 Å². The molecule has 3 aliphatic rings. The van der Waals surface area contributed by atoms with Crippen molar-refractivity contribution < 1.29 is 24.4 Å². The maximum absolute atomic E-state index is 10.8. The number of aliphatic hydroxyl groups excluding tert-OH is 2. The minimum atomic E-state index is -0.118. The van der Waals surface area contributed by atoms with E-state index in [1.165, 1.54) is 42.2 Å². The Kier molecular flexibility index (Phi) is 14.7. The first-order valence-corrected chi connectivity index (χ1v) is 16.6. The number of aliphatic hydroxyl groups is 2. The van der Waals surface area contributed by atoms with Gasteiger partial charge in [-0.1, -0.05) is 67.1 Å². The van der Waals surface area contributed by atoms with Crippen molar-refractivity contribution in [1.82, 2.24) is 0 Å². The summed E-state index contributed by atoms with van der Waals surface area (Å²) < 4.78 is 17.2. The van der Waals surface area contributed by atoms with E-state index in [0.717, 1.165) is 64.4 Å². The fraction of sp³-hybridized carbons (Fsp3) is 0.667. The molecule has 1 aromatic rings. The van der Waals surface area contributed by atoms with Gasteiger partial charge in [-0.15, -0.1) is 0 Å². The first-order valence-electron chi connectivity index (χ1n) is 16.6. The minimum Gasteiger partial charge on any atom is -0.516 e. The largest absolute Gasteiger partial charge is 0.516 e. The van der Waals surface area contributed by atoms with E-state index in [1.807, 2.05) is 12.1 Å². The first kappa shape index (κ1) is 33.0. The minimum absolute atomic E-state index is 0.118. The van der Waals surface area contributed by atoms with E-state index in [0.29, 0.717) is 56.0 Å². The van der Waals surface area contributed by atoms with E-state index in [4.69, 9.17) is 14.2 Å². The van der Waals surface area contributed by atoms with E-state index in [2.05, 4.69) is 50.6 Å². The van der Waals surface area contributed by atoms with Gasteiger partial charge in [0.15, 0.2) is 0 Å². The molecule has 0 aliphatic heterocycles. The fourth-order valence-corrected chi connectivity index (χ4v) is 7.86. The van der Waals surface area contributed by atoms with Gasteiger partial charge in [0, 0.05) is 13.2 Å². The molecular weight excluding hydrogens is 523 g/mol. The second-order valence-corrected chi connectivity index (χ2v) is 12.5. The number of unbranched alkanes of at least 4 members (excludes halogenated alkanes) is 1. The topological polar surface area (TPSA) is 68.2 Å². The van der Waals surface area contributed by atoms with Gasteiger partial charge < -0.3 is 24.4 Å². The van der Waals surface area contributed by atoms with Gasteiger partial charge >= 0.3 is 0 Å². The van der Waals surface area contributed by atoms with Gasteiger partial charge in [-0.3, -0.25) is 0 Å². The highest BCUT2D eigenvalue weighted by atomic mass is 16.5. The lowest BCUT2D eigenvalue weighted by Gasteiger charge is -2.33. The van der Waals surface area contributed by atoms with Crippen molar-refractivity contribution in [2.24, 2.45) is 29.6 Å². The predicted molar refractivity (Wildman–Crippen MR) is 172 cm³/mol. The molecule has 6 heteroatoms. The summed E-state index contributed by atoms with van der Waals surface area (Å²) in [5, 5.41) is 20.5. The lowest BCUT2D eigenvalue weighted by atomic mass is 9.69. The zero-order valence-corrected chi connectivity index (χ0v) is 25.9. The van der Waals surface area contributed by atoms with E-state index in [9.17, 15) is 10.2 Å². The predicted octanol–water partition coefficient (Wildman–Crippen LogP) is 7.30. The number of benzene rings is 1. The van der Waals surface area contributed by atoms with Crippen LogP contribution in [-0.4, -0.2) is 63.2 Å². The lowest BCUT2D eigenvalue weighted by Crippen LogP contribution is -2.28. The number of hydrogen-bond donors (Lipinski definition) is 2. The molecule has 4 unspecified atom stereocenters. The second kappa shape index (κ2) is 18.7. The molecule has 6 atom stereocenters. The molecule has 5 nitrogen and oxygen atoms in total. The zero-order chi connectivity index (χ0) is 29.4. The molecule has 2 saturated carbocycles. The van der Waals surface area contributed by atoms with E-state index in [1.54, 1.807) is 0 Å². The maximum Gasteiger partial charge on any atom is 0.118 e. The number of ether oxygens (including phenoxy) is 3. The SMILES string of the molecule is C/C=C\C1=C(/C=C/O)C[C@@H](CCCCOCCOCCOCC[B]Cc2ccccc2)C2CC1CCC1C(O)CC[C@H]12. The summed E-state index contributed by atoms with van der Waals surface area (Å²) in [5.74, 6) is 2.89. The van der Waals surface area contributed by atoms with Crippen LogP contribution >= 0.6 is 0 Å². The Bertz CT molecular complexity index is 976. The molecule has 2 fully saturated rings. The van der Waals surface area contributed by atoms with Crippen LogP contribution in [-0.2, 0) is 20.5 Å². The number of allylic oxidation sites excluding steroid dienone is 5. The molecule has 42 heavy (non-hydrogen) atoms. The van der Waals surface area contributed by atoms with Crippen LogP contribution in [0.3, 0.4) is 0 Å². The van der Waals surface area contributed by atoms with Gasteiger partial charge in [-0.2, -0.15) is 0 Å². The van der Waals surface area contributed by atoms with Crippen molar-refractivity contribution in [3.63, 3.8) is 0 Å². The molecule has 1 aromatic carbocycles. The van der Waals surface area contributed by atoms with Crippen LogP contribution in [0.2, 0.25) is 6.32 Å². The monoisotopic (exact) mass is 577 g/mol. The third kappa shape index (κ3) is 10.1. The Morgan fingerprint density at radius 1 is 0.833 bits per heavy atom. The van der Waals surface area contributed by atoms with E-state index < -0.39 is 0 Å². The van der Waals surface area contributed by atoms with Crippen molar-refractivity contribution >= 4 is 7.28 Å². The molecule has 231 valence electrons. The molecule has 0 spiro atoms. The van der Waals surface area contributed by atoms with Crippen LogP contribution in [0.5, 0.6) is 0 Å². The summed E-state index contributed by atoms with van der Waals surface area (Å²) in [6.45, 7) is 6.06. The standard InChI is InChI=1S/C36H54BO5/c1-2-8-32-30-12-13-34-33(14-15-36(34)39)35(26-30)29(25-31(32)16-18-38)11-6-7-19-40-21-23-42-24-22-41-20-17-37-27-28-9-4-3-5-10-28/h2-5,8-10,16,18,29-30,33-36,38-39H,6-7,11-15,17,19-27H2,1H3/b8-2-,18-16+/t29-,30?,33-,34?,35?,36?/m1/s1. The molecule has 4 rings (SSSR count). The van der Waals surface area contributed by atoms with E-state index >= 15 is 0 Å². The molecule has 2 N–H and O–H groups in total. The average Bonchev–Trinajstić information content (AvgIpc) is 3.17. The number of rotatable bonds is 18. The smallest absolute Gasteiger partial charge is 0.118 e. The van der Waals surface area contributed by atoms with Crippen molar-refractivity contribution in [3.8, 4) is 0 Å². The lowest BCUT2D eigenvalue weighted by molar-refractivity contribution is 0.0159. The van der Waals surface area contributed by atoms with Gasteiger partial charge in [0.25, 0.3) is 0 Å². The number of hydrogen-bond acceptors (Lipinski definition) is 5. The van der Waals surface area contributed by atoms with Crippen LogP contribution in [0.4, 0.5) is 0 Å². The Labute approximate surface area is 255 Å². The van der Waals surface area contributed by atoms with Crippen molar-refractivity contribution in [2.75, 3.05) is 39.6 Å². The Hall–Kier alpha value is -1.86. The fourth-order valence-electron chi connectivity index (χ4n) is 7.86. The summed E-state index contributed by atoms with van der Waals surface area (Å²) >= 11 is 0. The maximum atomic E-state index is 10.8. The van der Waals surface area contributed by atoms with Gasteiger partial charge in [-0.05, 0) is 105 Å². The summed E-state index contributed by atoms with van der Waals surface area (Å²) in [6.07, 6.45) is 19.5. The van der Waals surface area contributed by atoms with Gasteiger partial charge in [0.1, 0.15) is 7.28 Å². The molecule has 0 amide bonds. The normalized spacial score (nSPS) is 27.9. The molecule has 3 aliphatic carbocycles. The first-order chi connectivity index (χ1) is 20.7. The second-order valence-electron chi connectivity index (χ2n) is 12.5. The van der Waals surface area contributed by atoms with Crippen LogP contribution in [0.1, 0.15) is 70.3 Å². The van der Waals surface area contributed by atoms with Crippen molar-refractivity contribution in [2.45, 2.75) is 83.5 Å². The molecule has 0 saturated heterocycles. The molecule has 2 bridgehead atoms. The molecule has 0 heterocycles. The molecular formula is C36H54BO5. The third-order valence-electron chi connectivity index (χ3n) is 9.86. The molecule has 1 radical (unpaired) electrons. The highest BCUT2D eigenvalue weighted by Crippen LogP contribution is 2.53. The van der Waals surface area contributed by atoms with Crippen molar-refractivity contribution in [1.29, 1.82) is 0 Å². The molecule has 0 aromatic heterocycles. The van der Waals surface area contributed by atoms with Crippen LogP contribution in [0.25, 0.3) is 0 Å². The summed E-state index contributed by atoms with van der Waals surface area (Å²) in [4.78, 5) is 0. The Balaban J connectivity index is 1.10. The van der Waals surface area contributed by atoms with E-state index in [-0.39, 0.29) is 6.10 Å². The summed E-state index contributed by atoms with van der Waals surface area (Å²) in [6, 6.07) is 10.5. The quantitative estimate of drug-likeness (QED) is 0.109. The number of fused-ring (bicyclic) bond motifs is 4. The Morgan fingerprint density at radius 3 is 2.33 bits per heavy atom. The zero-order valence-electron chi connectivity index (χ0n) is 25.9. The summed E-state index contributed by atoms with van der Waals surface area (Å²) in [7, 11) is 2.27. The third-order valence-corrected chi connectivity index (χ3v) is 9.86. The van der Waals surface area contributed by atoms with Crippen LogP contribution in [0.15, 0.2) is 66.0 Å². The Morgan fingerprint density at radius 2 is 1.57 bits per heavy atom. The van der Waals surface area contributed by atoms with Gasteiger partial charge in [-0.25, -0.2) is 0 Å². The highest BCUT2D eigenvalue weighted by molar-refractivity contribution is 6.34. The van der Waals surface area contributed by atoms with Crippen LogP contribution < -0.4 is 0 Å².